The fourth-order valence-corrected chi connectivity index (χ4v) is 2.23. The zero-order chi connectivity index (χ0) is 17.3. The molecule has 0 aromatic heterocycles. The molecule has 0 aliphatic carbocycles. The maximum atomic E-state index is 14.2. The van der Waals surface area contributed by atoms with Crippen LogP contribution in [0.5, 0.6) is 0 Å². The molecule has 2 aromatic carbocycles. The molecule has 0 saturated heterocycles. The largest absolute Gasteiger partial charge is 0.478 e. The first-order chi connectivity index (χ1) is 10.7. The van der Waals surface area contributed by atoms with E-state index in [1.807, 2.05) is 0 Å². The number of anilines is 2. The van der Waals surface area contributed by atoms with E-state index in [1.165, 1.54) is 12.1 Å². The Hall–Kier alpha value is -2.35. The van der Waals surface area contributed by atoms with Gasteiger partial charge in [0.2, 0.25) is 0 Å². The van der Waals surface area contributed by atoms with Gasteiger partial charge >= 0.3 is 5.97 Å². The van der Waals surface area contributed by atoms with Crippen LogP contribution in [0.25, 0.3) is 0 Å². The van der Waals surface area contributed by atoms with E-state index in [9.17, 15) is 22.8 Å². The van der Waals surface area contributed by atoms with Gasteiger partial charge in [0, 0.05) is 4.47 Å². The smallest absolute Gasteiger partial charge is 0.337 e. The summed E-state index contributed by atoms with van der Waals surface area (Å²) in [6.07, 6.45) is 0. The van der Waals surface area contributed by atoms with E-state index in [2.05, 4.69) is 21.2 Å². The molecule has 0 atom stereocenters. The molecule has 0 aliphatic rings. The monoisotopic (exact) mass is 387 g/mol. The van der Waals surface area contributed by atoms with Crippen molar-refractivity contribution in [2.45, 2.75) is 6.92 Å². The van der Waals surface area contributed by atoms with Crippen molar-refractivity contribution >= 4 is 39.1 Å². The molecule has 0 bridgehead atoms. The second-order valence-electron chi connectivity index (χ2n) is 4.59. The average Bonchev–Trinajstić information content (AvgIpc) is 2.45. The summed E-state index contributed by atoms with van der Waals surface area (Å²) in [5, 5.41) is 11.4. The average molecular weight is 388 g/mol. The summed E-state index contributed by atoms with van der Waals surface area (Å²) in [5.41, 5.74) is -2.39. The van der Waals surface area contributed by atoms with Crippen molar-refractivity contribution in [1.82, 2.24) is 0 Å². The highest BCUT2D eigenvalue weighted by molar-refractivity contribution is 9.10. The highest BCUT2D eigenvalue weighted by Crippen LogP contribution is 2.31. The molecule has 0 spiro atoms. The number of hydrogen-bond donors (Lipinski definition) is 2. The number of hydrogen-bond acceptors (Lipinski definition) is 3. The van der Waals surface area contributed by atoms with Crippen LogP contribution in [-0.4, -0.2) is 16.9 Å². The molecular formula is C15H9BrF3NO3. The van der Waals surface area contributed by atoms with Gasteiger partial charge in [0.15, 0.2) is 17.4 Å². The number of Topliss-reactive ketones (excluding diaryl/α,β-unsaturated/α-hetero) is 1. The van der Waals surface area contributed by atoms with Crippen LogP contribution in [0.1, 0.15) is 27.6 Å². The van der Waals surface area contributed by atoms with Crippen molar-refractivity contribution in [3.05, 3.63) is 57.3 Å². The van der Waals surface area contributed by atoms with Gasteiger partial charge in [0.25, 0.3) is 0 Å². The summed E-state index contributed by atoms with van der Waals surface area (Å²) < 4.78 is 42.3. The van der Waals surface area contributed by atoms with E-state index in [-0.39, 0.29) is 5.69 Å². The van der Waals surface area contributed by atoms with E-state index >= 15 is 0 Å². The predicted octanol–water partition coefficient (Wildman–Crippen LogP) is 4.51. The van der Waals surface area contributed by atoms with Crippen molar-refractivity contribution in [2.24, 2.45) is 0 Å². The normalized spacial score (nSPS) is 10.5. The van der Waals surface area contributed by atoms with Gasteiger partial charge in [0.1, 0.15) is 5.82 Å². The molecule has 120 valence electrons. The van der Waals surface area contributed by atoms with E-state index in [0.717, 1.165) is 13.0 Å². The third kappa shape index (κ3) is 3.37. The van der Waals surface area contributed by atoms with Gasteiger partial charge in [-0.25, -0.2) is 18.0 Å². The molecule has 0 amide bonds. The van der Waals surface area contributed by atoms with E-state index in [1.54, 1.807) is 0 Å². The molecular weight excluding hydrogens is 379 g/mol. The van der Waals surface area contributed by atoms with Crippen molar-refractivity contribution in [3.63, 3.8) is 0 Å². The van der Waals surface area contributed by atoms with Gasteiger partial charge in [-0.05, 0) is 31.2 Å². The number of carbonyl (C=O) groups is 2. The molecule has 0 aliphatic heterocycles. The quantitative estimate of drug-likeness (QED) is 0.757. The Labute approximate surface area is 137 Å². The highest BCUT2D eigenvalue weighted by atomic mass is 79.9. The second kappa shape index (κ2) is 6.41. The van der Waals surface area contributed by atoms with Gasteiger partial charge in [-0.3, -0.25) is 4.79 Å². The van der Waals surface area contributed by atoms with Crippen LogP contribution >= 0.6 is 15.9 Å². The Balaban J connectivity index is 2.63. The summed E-state index contributed by atoms with van der Waals surface area (Å²) >= 11 is 3.04. The lowest BCUT2D eigenvalue weighted by Crippen LogP contribution is -2.11. The molecule has 0 radical (unpaired) electrons. The van der Waals surface area contributed by atoms with Gasteiger partial charge < -0.3 is 10.4 Å². The highest BCUT2D eigenvalue weighted by Gasteiger charge is 2.24. The minimum Gasteiger partial charge on any atom is -0.478 e. The molecule has 0 heterocycles. The van der Waals surface area contributed by atoms with E-state index < -0.39 is 46.0 Å². The summed E-state index contributed by atoms with van der Waals surface area (Å²) in [5.74, 6) is -6.29. The summed E-state index contributed by atoms with van der Waals surface area (Å²) in [6.45, 7) is 0.977. The van der Waals surface area contributed by atoms with Crippen LogP contribution in [0.15, 0.2) is 28.7 Å². The number of halogens is 4. The van der Waals surface area contributed by atoms with E-state index in [0.29, 0.717) is 10.5 Å². The first kappa shape index (κ1) is 17.0. The number of carbonyl (C=O) groups excluding carboxylic acids is 1. The summed E-state index contributed by atoms with van der Waals surface area (Å²) in [4.78, 5) is 22.5. The summed E-state index contributed by atoms with van der Waals surface area (Å²) in [7, 11) is 0. The molecule has 2 rings (SSSR count). The van der Waals surface area contributed by atoms with Crippen molar-refractivity contribution < 1.29 is 27.9 Å². The molecule has 0 saturated carbocycles. The SMILES string of the molecule is CC(=O)c1cc(C(=O)O)c(Nc2ccc(Br)cc2F)c(F)c1F. The number of ketones is 1. The van der Waals surface area contributed by atoms with Crippen molar-refractivity contribution in [1.29, 1.82) is 0 Å². The van der Waals surface area contributed by atoms with Gasteiger partial charge in [-0.1, -0.05) is 15.9 Å². The summed E-state index contributed by atoms with van der Waals surface area (Å²) in [6, 6.07) is 4.44. The molecule has 0 unspecified atom stereocenters. The number of carboxylic acids is 1. The number of carboxylic acid groups (broad SMARTS) is 1. The second-order valence-corrected chi connectivity index (χ2v) is 5.50. The molecule has 0 fully saturated rings. The molecule has 8 heteroatoms. The Kier molecular flexibility index (Phi) is 4.74. The number of rotatable bonds is 4. The third-order valence-electron chi connectivity index (χ3n) is 3.01. The maximum absolute atomic E-state index is 14.2. The fourth-order valence-electron chi connectivity index (χ4n) is 1.90. The lowest BCUT2D eigenvalue weighted by molar-refractivity contribution is 0.0697. The molecule has 2 N–H and O–H groups in total. The van der Waals surface area contributed by atoms with Crippen LogP contribution in [-0.2, 0) is 0 Å². The van der Waals surface area contributed by atoms with Crippen LogP contribution in [0, 0.1) is 17.5 Å². The van der Waals surface area contributed by atoms with Crippen molar-refractivity contribution in [2.75, 3.05) is 5.32 Å². The predicted molar refractivity (Wildman–Crippen MR) is 80.7 cm³/mol. The molecule has 4 nitrogen and oxygen atoms in total. The number of aromatic carboxylic acids is 1. The van der Waals surface area contributed by atoms with Gasteiger partial charge in [-0.15, -0.1) is 0 Å². The van der Waals surface area contributed by atoms with Crippen LogP contribution < -0.4 is 5.32 Å². The zero-order valence-corrected chi connectivity index (χ0v) is 13.2. The van der Waals surface area contributed by atoms with Gasteiger partial charge in [0.05, 0.1) is 22.5 Å². The minimum atomic E-state index is -1.59. The van der Waals surface area contributed by atoms with Crippen LogP contribution in [0.2, 0.25) is 0 Å². The Morgan fingerprint density at radius 2 is 1.74 bits per heavy atom. The number of benzene rings is 2. The first-order valence-corrected chi connectivity index (χ1v) is 7.00. The third-order valence-corrected chi connectivity index (χ3v) is 3.50. The Bertz CT molecular complexity index is 824. The zero-order valence-electron chi connectivity index (χ0n) is 11.6. The van der Waals surface area contributed by atoms with Crippen LogP contribution in [0.4, 0.5) is 24.5 Å². The standard InChI is InChI=1S/C15H9BrF3NO3/c1-6(21)8-5-9(15(22)23)14(13(19)12(8)18)20-11-3-2-7(16)4-10(11)17/h2-5,20H,1H3,(H,22,23). The lowest BCUT2D eigenvalue weighted by Gasteiger charge is -2.14. The molecule has 23 heavy (non-hydrogen) atoms. The van der Waals surface area contributed by atoms with E-state index in [4.69, 9.17) is 5.11 Å². The number of nitrogens with one attached hydrogen (secondary N) is 1. The Morgan fingerprint density at radius 3 is 2.26 bits per heavy atom. The molecule has 2 aromatic rings. The Morgan fingerprint density at radius 1 is 1.09 bits per heavy atom. The maximum Gasteiger partial charge on any atom is 0.337 e. The lowest BCUT2D eigenvalue weighted by atomic mass is 10.0. The topological polar surface area (TPSA) is 66.4 Å². The van der Waals surface area contributed by atoms with Gasteiger partial charge in [-0.2, -0.15) is 0 Å². The first-order valence-electron chi connectivity index (χ1n) is 6.20. The minimum absolute atomic E-state index is 0.246. The van der Waals surface area contributed by atoms with Crippen LogP contribution in [0.3, 0.4) is 0 Å². The van der Waals surface area contributed by atoms with Crippen molar-refractivity contribution in [3.8, 4) is 0 Å². The fraction of sp³-hybridized carbons (Fsp3) is 0.0667.